The highest BCUT2D eigenvalue weighted by molar-refractivity contribution is 6.04. The fourth-order valence-corrected chi connectivity index (χ4v) is 2.89. The Morgan fingerprint density at radius 1 is 1.14 bits per heavy atom. The summed E-state index contributed by atoms with van der Waals surface area (Å²) in [6.07, 6.45) is 15.4. The summed E-state index contributed by atoms with van der Waals surface area (Å²) in [6.45, 7) is 6.94. The standard InChI is InChI=1S/C22H26N4O2/c1-4-7-8-9-12-17(28)16(13-27)22-25-20-14(10-5-2)18(23)19(24)15(11-6-3)21(20)26-22/h4-12,16,27H,1,13,23-24H2,2-3H3,(H,25,26)/b8-7-,10-5-,11-6-,12-9+. The number of nitrogens with one attached hydrogen (secondary N) is 1. The number of H-pyrrole nitrogens is 1. The predicted molar refractivity (Wildman–Crippen MR) is 118 cm³/mol. The number of benzene rings is 1. The van der Waals surface area contributed by atoms with Crippen LogP contribution in [0.25, 0.3) is 23.2 Å². The molecule has 0 aliphatic carbocycles. The number of aliphatic hydroxyl groups is 1. The third-order valence-corrected chi connectivity index (χ3v) is 4.26. The third-order valence-electron chi connectivity index (χ3n) is 4.26. The molecule has 6 heteroatoms. The van der Waals surface area contributed by atoms with Gasteiger partial charge in [-0.25, -0.2) is 4.98 Å². The van der Waals surface area contributed by atoms with E-state index in [4.69, 9.17) is 11.5 Å². The summed E-state index contributed by atoms with van der Waals surface area (Å²) in [6, 6.07) is 0. The number of imidazole rings is 1. The van der Waals surface area contributed by atoms with Crippen molar-refractivity contribution in [2.24, 2.45) is 0 Å². The van der Waals surface area contributed by atoms with Gasteiger partial charge in [-0.15, -0.1) is 0 Å². The van der Waals surface area contributed by atoms with Crippen LogP contribution in [0.2, 0.25) is 0 Å². The number of nitrogens with two attached hydrogens (primary N) is 2. The Morgan fingerprint density at radius 3 is 2.39 bits per heavy atom. The van der Waals surface area contributed by atoms with Crippen molar-refractivity contribution in [3.8, 4) is 0 Å². The third kappa shape index (κ3) is 4.13. The van der Waals surface area contributed by atoms with Gasteiger partial charge in [-0.3, -0.25) is 4.79 Å². The maximum absolute atomic E-state index is 12.5. The van der Waals surface area contributed by atoms with E-state index >= 15 is 0 Å². The second-order valence-corrected chi connectivity index (χ2v) is 6.12. The van der Waals surface area contributed by atoms with Gasteiger partial charge in [0.15, 0.2) is 5.78 Å². The summed E-state index contributed by atoms with van der Waals surface area (Å²) >= 11 is 0. The Labute approximate surface area is 164 Å². The van der Waals surface area contributed by atoms with E-state index in [0.717, 1.165) is 0 Å². The van der Waals surface area contributed by atoms with Gasteiger partial charge in [0.05, 0.1) is 29.0 Å². The van der Waals surface area contributed by atoms with E-state index in [2.05, 4.69) is 16.5 Å². The van der Waals surface area contributed by atoms with Crippen LogP contribution in [0.5, 0.6) is 0 Å². The van der Waals surface area contributed by atoms with Crippen LogP contribution in [0.1, 0.15) is 36.7 Å². The second kappa shape index (κ2) is 9.53. The molecule has 0 spiro atoms. The fraction of sp³-hybridized carbons (Fsp3) is 0.182. The van der Waals surface area contributed by atoms with Gasteiger partial charge >= 0.3 is 0 Å². The number of carbonyl (C=O) groups excluding carboxylic acids is 1. The lowest BCUT2D eigenvalue weighted by atomic mass is 10.0. The number of hydrogen-bond donors (Lipinski definition) is 4. The molecule has 1 unspecified atom stereocenters. The molecule has 6 nitrogen and oxygen atoms in total. The maximum Gasteiger partial charge on any atom is 0.168 e. The lowest BCUT2D eigenvalue weighted by molar-refractivity contribution is -0.116. The van der Waals surface area contributed by atoms with Gasteiger partial charge in [-0.2, -0.15) is 0 Å². The first-order valence-corrected chi connectivity index (χ1v) is 8.96. The molecule has 0 aliphatic heterocycles. The minimum Gasteiger partial charge on any atom is -0.396 e. The van der Waals surface area contributed by atoms with E-state index < -0.39 is 5.92 Å². The Bertz CT molecular complexity index is 939. The van der Waals surface area contributed by atoms with Crippen LogP contribution >= 0.6 is 0 Å². The SMILES string of the molecule is C=C/C=C\C=C\C(=O)C(CO)c1nc2c(/C=C\C)c(N)c(N)c(/C=C\C)c2[nH]1. The average Bonchev–Trinajstić information content (AvgIpc) is 3.11. The van der Waals surface area contributed by atoms with E-state index in [1.54, 1.807) is 24.3 Å². The zero-order valence-electron chi connectivity index (χ0n) is 16.1. The zero-order chi connectivity index (χ0) is 20.7. The van der Waals surface area contributed by atoms with Crippen molar-refractivity contribution in [2.75, 3.05) is 18.1 Å². The molecule has 1 aromatic heterocycles. The molecule has 0 saturated heterocycles. The molecule has 0 bridgehead atoms. The molecule has 1 aromatic carbocycles. The minimum absolute atomic E-state index is 0.267. The second-order valence-electron chi connectivity index (χ2n) is 6.12. The summed E-state index contributed by atoms with van der Waals surface area (Å²) < 4.78 is 0. The number of fused-ring (bicyclic) bond motifs is 1. The first kappa shape index (κ1) is 20.9. The predicted octanol–water partition coefficient (Wildman–Crippen LogP) is 3.74. The molecule has 2 aromatic rings. The highest BCUT2D eigenvalue weighted by Crippen LogP contribution is 2.36. The van der Waals surface area contributed by atoms with E-state index in [0.29, 0.717) is 39.4 Å². The quantitative estimate of drug-likeness (QED) is 0.317. The smallest absolute Gasteiger partial charge is 0.168 e. The molecule has 146 valence electrons. The van der Waals surface area contributed by atoms with E-state index in [9.17, 15) is 9.90 Å². The molecular formula is C22H26N4O2. The lowest BCUT2D eigenvalue weighted by Crippen LogP contribution is -2.15. The number of anilines is 2. The van der Waals surface area contributed by atoms with Gasteiger partial charge in [0.1, 0.15) is 11.7 Å². The molecule has 0 radical (unpaired) electrons. The highest BCUT2D eigenvalue weighted by atomic mass is 16.3. The molecule has 1 atom stereocenters. The van der Waals surface area contributed by atoms with Gasteiger partial charge in [-0.05, 0) is 19.9 Å². The molecule has 0 amide bonds. The summed E-state index contributed by atoms with van der Waals surface area (Å²) in [5, 5.41) is 9.81. The number of allylic oxidation sites excluding steroid dienone is 7. The fourth-order valence-electron chi connectivity index (χ4n) is 2.89. The van der Waals surface area contributed by atoms with Crippen LogP contribution in [0.4, 0.5) is 11.4 Å². The zero-order valence-corrected chi connectivity index (χ0v) is 16.1. The van der Waals surface area contributed by atoms with Crippen LogP contribution in [-0.2, 0) is 4.79 Å². The van der Waals surface area contributed by atoms with E-state index in [1.165, 1.54) is 6.08 Å². The van der Waals surface area contributed by atoms with Crippen LogP contribution < -0.4 is 11.5 Å². The van der Waals surface area contributed by atoms with E-state index in [-0.39, 0.29) is 12.4 Å². The largest absolute Gasteiger partial charge is 0.396 e. The first-order chi connectivity index (χ1) is 13.5. The van der Waals surface area contributed by atoms with Crippen LogP contribution in [0.3, 0.4) is 0 Å². The van der Waals surface area contributed by atoms with Crippen molar-refractivity contribution in [1.29, 1.82) is 0 Å². The highest BCUT2D eigenvalue weighted by Gasteiger charge is 2.24. The number of carbonyl (C=O) groups is 1. The van der Waals surface area contributed by atoms with Crippen LogP contribution in [-0.4, -0.2) is 27.5 Å². The molecule has 0 saturated carbocycles. The molecule has 1 heterocycles. The number of nitrogen functional groups attached to an aromatic ring is 2. The van der Waals surface area contributed by atoms with Crippen molar-refractivity contribution in [3.63, 3.8) is 0 Å². The number of nitrogens with zero attached hydrogens (tertiary/aromatic N) is 1. The van der Waals surface area contributed by atoms with Crippen molar-refractivity contribution >= 4 is 40.3 Å². The summed E-state index contributed by atoms with van der Waals surface area (Å²) in [5.74, 6) is -0.724. The molecular weight excluding hydrogens is 352 g/mol. The lowest BCUT2D eigenvalue weighted by Gasteiger charge is -2.10. The van der Waals surface area contributed by atoms with Crippen molar-refractivity contribution < 1.29 is 9.90 Å². The average molecular weight is 378 g/mol. The number of rotatable bonds is 8. The number of aliphatic hydroxyl groups excluding tert-OH is 1. The molecule has 0 fully saturated rings. The molecule has 6 N–H and O–H groups in total. The molecule has 0 aliphatic rings. The van der Waals surface area contributed by atoms with Gasteiger partial charge in [-0.1, -0.05) is 55.2 Å². The Balaban J connectivity index is 2.65. The topological polar surface area (TPSA) is 118 Å². The van der Waals surface area contributed by atoms with Gasteiger partial charge in [0, 0.05) is 11.1 Å². The van der Waals surface area contributed by atoms with Crippen molar-refractivity contribution in [2.45, 2.75) is 19.8 Å². The number of ketones is 1. The Kier molecular flexibility index (Phi) is 7.12. The Hall–Kier alpha value is -3.38. The summed E-state index contributed by atoms with van der Waals surface area (Å²) in [7, 11) is 0. The monoisotopic (exact) mass is 378 g/mol. The van der Waals surface area contributed by atoms with Gasteiger partial charge < -0.3 is 21.6 Å². The molecule has 2 rings (SSSR count). The number of aromatic nitrogens is 2. The van der Waals surface area contributed by atoms with Gasteiger partial charge in [0.2, 0.25) is 0 Å². The summed E-state index contributed by atoms with van der Waals surface area (Å²) in [5.41, 5.74) is 16.0. The van der Waals surface area contributed by atoms with Crippen LogP contribution in [0, 0.1) is 0 Å². The summed E-state index contributed by atoms with van der Waals surface area (Å²) in [4.78, 5) is 20.3. The normalized spacial score (nSPS) is 13.5. The molecule has 28 heavy (non-hydrogen) atoms. The maximum atomic E-state index is 12.5. The van der Waals surface area contributed by atoms with Crippen molar-refractivity contribution in [3.05, 3.63) is 66.1 Å². The van der Waals surface area contributed by atoms with E-state index in [1.807, 2.05) is 38.2 Å². The van der Waals surface area contributed by atoms with Gasteiger partial charge in [0.25, 0.3) is 0 Å². The number of hydrogen-bond acceptors (Lipinski definition) is 5. The van der Waals surface area contributed by atoms with Crippen molar-refractivity contribution in [1.82, 2.24) is 9.97 Å². The first-order valence-electron chi connectivity index (χ1n) is 8.96. The Morgan fingerprint density at radius 2 is 1.79 bits per heavy atom. The van der Waals surface area contributed by atoms with Crippen LogP contribution in [0.15, 0.2) is 49.1 Å². The number of aromatic amines is 1. The minimum atomic E-state index is -0.819.